The van der Waals surface area contributed by atoms with Crippen LogP contribution in [0.3, 0.4) is 0 Å². The molecule has 2 atom stereocenters. The first kappa shape index (κ1) is 23.6. The van der Waals surface area contributed by atoms with Crippen LogP contribution in [0.25, 0.3) is 11.4 Å². The molecule has 9 heteroatoms. The van der Waals surface area contributed by atoms with Gasteiger partial charge >= 0.3 is 5.97 Å². The molecule has 4 aromatic rings. The zero-order chi connectivity index (χ0) is 25.2. The zero-order valence-corrected chi connectivity index (χ0v) is 20.9. The number of aromatic nitrogens is 3. The van der Waals surface area contributed by atoms with E-state index in [0.29, 0.717) is 16.5 Å². The van der Waals surface area contributed by atoms with E-state index in [4.69, 9.17) is 4.74 Å². The highest BCUT2D eigenvalue weighted by Crippen LogP contribution is 2.39. The third kappa shape index (κ3) is 4.57. The van der Waals surface area contributed by atoms with Gasteiger partial charge in [-0.15, -0.1) is 10.2 Å². The molecule has 1 aliphatic heterocycles. The van der Waals surface area contributed by atoms with E-state index in [1.54, 1.807) is 12.1 Å². The minimum absolute atomic E-state index is 0.159. The Balaban J connectivity index is 1.50. The molecule has 36 heavy (non-hydrogen) atoms. The lowest BCUT2D eigenvalue weighted by atomic mass is 10.0. The summed E-state index contributed by atoms with van der Waals surface area (Å²) in [5, 5.41) is 11.8. The van der Waals surface area contributed by atoms with Crippen LogP contribution in [0, 0.1) is 13.8 Å². The van der Waals surface area contributed by atoms with Crippen LogP contribution >= 0.6 is 11.8 Å². The number of carbonyl (C=O) groups excluding carboxylic acids is 2. The molecule has 8 nitrogen and oxygen atoms in total. The zero-order valence-electron chi connectivity index (χ0n) is 20.1. The quantitative estimate of drug-likeness (QED) is 0.383. The van der Waals surface area contributed by atoms with Crippen LogP contribution in [0.15, 0.2) is 78.0 Å². The number of anilines is 1. The first-order valence-electron chi connectivity index (χ1n) is 11.4. The molecule has 0 saturated heterocycles. The molecule has 2 heterocycles. The van der Waals surface area contributed by atoms with E-state index in [9.17, 15) is 9.59 Å². The molecule has 1 aliphatic rings. The van der Waals surface area contributed by atoms with Gasteiger partial charge in [0.2, 0.25) is 11.1 Å². The first-order valence-corrected chi connectivity index (χ1v) is 12.3. The second-order valence-electron chi connectivity index (χ2n) is 8.55. The monoisotopic (exact) mass is 499 g/mol. The van der Waals surface area contributed by atoms with Gasteiger partial charge in [0.05, 0.1) is 18.7 Å². The fourth-order valence-corrected chi connectivity index (χ4v) is 5.14. The highest BCUT2D eigenvalue weighted by atomic mass is 32.2. The minimum atomic E-state index is -0.545. The van der Waals surface area contributed by atoms with Crippen LogP contribution in [0.1, 0.15) is 33.1 Å². The van der Waals surface area contributed by atoms with Crippen molar-refractivity contribution < 1.29 is 14.3 Å². The minimum Gasteiger partial charge on any atom is -0.465 e. The van der Waals surface area contributed by atoms with Crippen molar-refractivity contribution >= 4 is 29.3 Å². The molecule has 5 rings (SSSR count). The largest absolute Gasteiger partial charge is 0.465 e. The molecule has 3 aromatic carbocycles. The van der Waals surface area contributed by atoms with Gasteiger partial charge in [0, 0.05) is 11.3 Å². The summed E-state index contributed by atoms with van der Waals surface area (Å²) in [6.45, 7) is 4.05. The van der Waals surface area contributed by atoms with Gasteiger partial charge < -0.3 is 15.5 Å². The fourth-order valence-electron chi connectivity index (χ4n) is 4.06. The maximum atomic E-state index is 13.6. The number of hydrogen-bond acceptors (Lipinski definition) is 7. The Hall–Kier alpha value is -4.11. The number of rotatable bonds is 5. The van der Waals surface area contributed by atoms with Gasteiger partial charge in [-0.3, -0.25) is 4.79 Å². The van der Waals surface area contributed by atoms with Gasteiger partial charge in [0.1, 0.15) is 5.25 Å². The maximum Gasteiger partial charge on any atom is 0.337 e. The van der Waals surface area contributed by atoms with Gasteiger partial charge in [-0.1, -0.05) is 60.3 Å². The summed E-state index contributed by atoms with van der Waals surface area (Å²) >= 11 is 1.35. The average molecular weight is 500 g/mol. The predicted molar refractivity (Wildman–Crippen MR) is 140 cm³/mol. The second kappa shape index (κ2) is 9.87. The van der Waals surface area contributed by atoms with E-state index in [1.807, 2.05) is 79.2 Å². The third-order valence-electron chi connectivity index (χ3n) is 6.19. The molecular weight excluding hydrogens is 474 g/mol. The summed E-state index contributed by atoms with van der Waals surface area (Å²) in [5.74, 6) is 0.0830. The summed E-state index contributed by atoms with van der Waals surface area (Å²) in [6.07, 6.45) is 0. The predicted octanol–water partition coefficient (Wildman–Crippen LogP) is 4.75. The molecular formula is C27H25N5O3S. The van der Waals surface area contributed by atoms with Crippen molar-refractivity contribution in [3.63, 3.8) is 0 Å². The van der Waals surface area contributed by atoms with Crippen molar-refractivity contribution in [2.75, 3.05) is 17.9 Å². The van der Waals surface area contributed by atoms with E-state index in [2.05, 4.69) is 20.9 Å². The van der Waals surface area contributed by atoms with Crippen LogP contribution in [0.4, 0.5) is 5.69 Å². The molecule has 1 aromatic heterocycles. The van der Waals surface area contributed by atoms with Crippen molar-refractivity contribution in [3.05, 3.63) is 95.1 Å². The summed E-state index contributed by atoms with van der Waals surface area (Å²) < 4.78 is 6.64. The summed E-state index contributed by atoms with van der Waals surface area (Å²) in [5.41, 5.74) is 8.64. The third-order valence-corrected chi connectivity index (χ3v) is 7.41. The normalized spacial score (nSPS) is 16.5. The number of methoxy groups -OCH3 is 1. The molecule has 0 aliphatic carbocycles. The number of nitrogens with zero attached hydrogens (tertiary/aromatic N) is 3. The lowest BCUT2D eigenvalue weighted by Crippen LogP contribution is -2.41. The number of esters is 1. The topological polar surface area (TPSA) is 98.1 Å². The summed E-state index contributed by atoms with van der Waals surface area (Å²) in [7, 11) is 1.35. The summed E-state index contributed by atoms with van der Waals surface area (Å²) in [4.78, 5) is 25.5. The number of thioether (sulfide) groups is 1. The second-order valence-corrected chi connectivity index (χ2v) is 9.66. The van der Waals surface area contributed by atoms with E-state index in [-0.39, 0.29) is 5.91 Å². The standard InChI is InChI=1S/C27H25N5O3S/c1-16-9-14-21(15-17(16)2)28-25(33)23-22(18-10-12-20(13-11-18)26(34)35-3)31-32-24(29-30-27(32)36-23)19-7-5-4-6-8-19/h4-15,22-23,31H,1-3H3,(H,28,33)/t22-,23+/m0/s1. The Morgan fingerprint density at radius 2 is 1.72 bits per heavy atom. The van der Waals surface area contributed by atoms with Gasteiger partial charge in [-0.05, 0) is 54.8 Å². The van der Waals surface area contributed by atoms with Crippen molar-refractivity contribution in [1.82, 2.24) is 14.9 Å². The molecule has 0 unspecified atom stereocenters. The Kier molecular flexibility index (Phi) is 6.47. The molecule has 2 N–H and O–H groups in total. The van der Waals surface area contributed by atoms with Crippen LogP contribution in [0.2, 0.25) is 0 Å². The Labute approximate surface area is 213 Å². The van der Waals surface area contributed by atoms with Crippen LogP contribution in [-0.2, 0) is 9.53 Å². The SMILES string of the molecule is COC(=O)c1ccc([C@@H]2Nn3c(nnc3-c3ccccc3)S[C@H]2C(=O)Nc2ccc(C)c(C)c2)cc1. The van der Waals surface area contributed by atoms with E-state index in [0.717, 1.165) is 27.9 Å². The number of aryl methyl sites for hydroxylation is 2. The van der Waals surface area contributed by atoms with Crippen molar-refractivity contribution in [3.8, 4) is 11.4 Å². The molecule has 0 spiro atoms. The first-order chi connectivity index (χ1) is 17.4. The van der Waals surface area contributed by atoms with Gasteiger partial charge in [0.25, 0.3) is 0 Å². The number of hydrogen-bond donors (Lipinski definition) is 2. The highest BCUT2D eigenvalue weighted by Gasteiger charge is 2.38. The molecule has 1 amide bonds. The Morgan fingerprint density at radius 1 is 0.972 bits per heavy atom. The van der Waals surface area contributed by atoms with Gasteiger partial charge in [-0.2, -0.15) is 0 Å². The number of benzene rings is 3. The number of amides is 1. The van der Waals surface area contributed by atoms with Crippen molar-refractivity contribution in [2.45, 2.75) is 30.3 Å². The summed E-state index contributed by atoms with van der Waals surface area (Å²) in [6, 6.07) is 22.2. The van der Waals surface area contributed by atoms with Gasteiger partial charge in [-0.25, -0.2) is 9.47 Å². The van der Waals surface area contributed by atoms with E-state index < -0.39 is 17.3 Å². The molecule has 0 bridgehead atoms. The molecule has 0 saturated carbocycles. The maximum absolute atomic E-state index is 13.6. The van der Waals surface area contributed by atoms with E-state index in [1.165, 1.54) is 18.9 Å². The van der Waals surface area contributed by atoms with Gasteiger partial charge in [0.15, 0.2) is 5.82 Å². The Bertz CT molecular complexity index is 1420. The number of fused-ring (bicyclic) bond motifs is 1. The number of carbonyl (C=O) groups is 2. The van der Waals surface area contributed by atoms with Crippen molar-refractivity contribution in [2.24, 2.45) is 0 Å². The lowest BCUT2D eigenvalue weighted by Gasteiger charge is -2.33. The highest BCUT2D eigenvalue weighted by molar-refractivity contribution is 8.00. The van der Waals surface area contributed by atoms with Crippen molar-refractivity contribution in [1.29, 1.82) is 0 Å². The lowest BCUT2D eigenvalue weighted by molar-refractivity contribution is -0.116. The van der Waals surface area contributed by atoms with Crippen LogP contribution in [0.5, 0.6) is 0 Å². The molecule has 182 valence electrons. The van der Waals surface area contributed by atoms with Crippen LogP contribution < -0.4 is 10.7 Å². The molecule has 0 radical (unpaired) electrons. The van der Waals surface area contributed by atoms with Crippen LogP contribution in [-0.4, -0.2) is 39.1 Å². The average Bonchev–Trinajstić information content (AvgIpc) is 3.33. The van der Waals surface area contributed by atoms with E-state index >= 15 is 0 Å². The molecule has 0 fully saturated rings. The number of nitrogens with one attached hydrogen (secondary N) is 2. The Morgan fingerprint density at radius 3 is 2.42 bits per heavy atom. The fraction of sp³-hybridized carbons (Fsp3) is 0.185. The number of ether oxygens (including phenoxy) is 1. The smallest absolute Gasteiger partial charge is 0.337 e.